The summed E-state index contributed by atoms with van der Waals surface area (Å²) in [6.07, 6.45) is 0. The van der Waals surface area contributed by atoms with Crippen molar-refractivity contribution in [1.82, 2.24) is 0 Å². The Morgan fingerprint density at radius 1 is 0.737 bits per heavy atom. The fourth-order valence-corrected chi connectivity index (χ4v) is 2.49. The minimum absolute atomic E-state index is 0.286. The first-order valence-electron chi connectivity index (χ1n) is 6.64. The highest BCUT2D eigenvalue weighted by molar-refractivity contribution is 5.86. The van der Waals surface area contributed by atoms with Crippen molar-refractivity contribution in [3.8, 4) is 0 Å². The van der Waals surface area contributed by atoms with E-state index < -0.39 is 0 Å². The zero-order valence-corrected chi connectivity index (χ0v) is 11.0. The van der Waals surface area contributed by atoms with Gasteiger partial charge in [0.25, 0.3) is 0 Å². The predicted octanol–water partition coefficient (Wildman–Crippen LogP) is 5.01. The van der Waals surface area contributed by atoms with Crippen molar-refractivity contribution in [2.45, 2.75) is 13.0 Å². The Morgan fingerprint density at radius 2 is 1.42 bits per heavy atom. The fraction of sp³-hybridized carbons (Fsp3) is 0.111. The van der Waals surface area contributed by atoms with Crippen LogP contribution in [0.2, 0.25) is 0 Å². The number of anilines is 1. The maximum Gasteiger partial charge on any atom is 0.0491 e. The lowest BCUT2D eigenvalue weighted by atomic mass is 9.99. The fourth-order valence-electron chi connectivity index (χ4n) is 2.49. The summed E-state index contributed by atoms with van der Waals surface area (Å²) in [5.41, 5.74) is 2.49. The van der Waals surface area contributed by atoms with Crippen molar-refractivity contribution in [2.75, 3.05) is 5.32 Å². The lowest BCUT2D eigenvalue weighted by molar-refractivity contribution is 0.895. The second kappa shape index (κ2) is 5.15. The van der Waals surface area contributed by atoms with E-state index in [-0.39, 0.29) is 6.04 Å². The second-order valence-electron chi connectivity index (χ2n) is 4.80. The molecule has 3 aromatic rings. The van der Waals surface area contributed by atoms with Crippen molar-refractivity contribution in [3.05, 3.63) is 78.4 Å². The predicted molar refractivity (Wildman–Crippen MR) is 82.4 cm³/mol. The van der Waals surface area contributed by atoms with Crippen LogP contribution < -0.4 is 5.32 Å². The van der Waals surface area contributed by atoms with Gasteiger partial charge in [0.1, 0.15) is 0 Å². The molecule has 3 rings (SSSR count). The summed E-state index contributed by atoms with van der Waals surface area (Å²) in [4.78, 5) is 0. The monoisotopic (exact) mass is 247 g/mol. The zero-order valence-electron chi connectivity index (χ0n) is 11.0. The van der Waals surface area contributed by atoms with Crippen molar-refractivity contribution in [1.29, 1.82) is 0 Å². The van der Waals surface area contributed by atoms with Crippen molar-refractivity contribution in [2.24, 2.45) is 0 Å². The number of benzene rings is 3. The molecule has 0 heterocycles. The van der Waals surface area contributed by atoms with E-state index in [1.807, 2.05) is 6.07 Å². The van der Waals surface area contributed by atoms with Crippen LogP contribution in [0, 0.1) is 0 Å². The number of fused-ring (bicyclic) bond motifs is 1. The first-order chi connectivity index (χ1) is 9.34. The number of nitrogens with one attached hydrogen (secondary N) is 1. The summed E-state index contributed by atoms with van der Waals surface area (Å²) >= 11 is 0. The molecular formula is C18H17N. The highest BCUT2D eigenvalue weighted by Gasteiger charge is 2.08. The molecule has 0 amide bonds. The molecule has 3 aromatic carbocycles. The number of hydrogen-bond acceptors (Lipinski definition) is 1. The summed E-state index contributed by atoms with van der Waals surface area (Å²) in [6, 6.07) is 25.6. The number of para-hydroxylation sites is 1. The molecule has 0 aliphatic heterocycles. The molecule has 0 saturated carbocycles. The van der Waals surface area contributed by atoms with E-state index >= 15 is 0 Å². The first kappa shape index (κ1) is 11.8. The van der Waals surface area contributed by atoms with Crippen LogP contribution in [-0.4, -0.2) is 0 Å². The molecule has 0 fully saturated rings. The van der Waals surface area contributed by atoms with Gasteiger partial charge in [0.05, 0.1) is 0 Å². The number of hydrogen-bond donors (Lipinski definition) is 1. The summed E-state index contributed by atoms with van der Waals surface area (Å²) in [7, 11) is 0. The van der Waals surface area contributed by atoms with E-state index in [0.29, 0.717) is 0 Å². The summed E-state index contributed by atoms with van der Waals surface area (Å²) in [5, 5.41) is 6.16. The van der Waals surface area contributed by atoms with E-state index in [2.05, 4.69) is 79.0 Å². The Kier molecular flexibility index (Phi) is 3.20. The van der Waals surface area contributed by atoms with Gasteiger partial charge in [0.15, 0.2) is 0 Å². The maximum absolute atomic E-state index is 3.55. The molecule has 1 heteroatoms. The highest BCUT2D eigenvalue weighted by Crippen LogP contribution is 2.26. The summed E-state index contributed by atoms with van der Waals surface area (Å²) in [6.45, 7) is 2.20. The molecule has 94 valence electrons. The van der Waals surface area contributed by atoms with Crippen LogP contribution in [0.1, 0.15) is 18.5 Å². The van der Waals surface area contributed by atoms with Gasteiger partial charge < -0.3 is 5.32 Å². The summed E-state index contributed by atoms with van der Waals surface area (Å²) < 4.78 is 0. The normalized spacial score (nSPS) is 12.3. The van der Waals surface area contributed by atoms with Crippen molar-refractivity contribution in [3.63, 3.8) is 0 Å². The van der Waals surface area contributed by atoms with Gasteiger partial charge >= 0.3 is 0 Å². The van der Waals surface area contributed by atoms with Crippen LogP contribution in [0.25, 0.3) is 10.8 Å². The van der Waals surface area contributed by atoms with E-state index in [0.717, 1.165) is 5.69 Å². The van der Waals surface area contributed by atoms with E-state index in [9.17, 15) is 0 Å². The topological polar surface area (TPSA) is 12.0 Å². The molecule has 0 aromatic heterocycles. The second-order valence-corrected chi connectivity index (χ2v) is 4.80. The lowest BCUT2D eigenvalue weighted by Crippen LogP contribution is -2.06. The Balaban J connectivity index is 1.96. The van der Waals surface area contributed by atoms with Gasteiger partial charge in [-0.1, -0.05) is 60.7 Å². The molecule has 0 radical (unpaired) electrons. The van der Waals surface area contributed by atoms with Gasteiger partial charge in [-0.25, -0.2) is 0 Å². The third kappa shape index (κ3) is 2.45. The van der Waals surface area contributed by atoms with Crippen molar-refractivity contribution >= 4 is 16.5 Å². The minimum Gasteiger partial charge on any atom is -0.378 e. The molecule has 0 bridgehead atoms. The number of rotatable bonds is 3. The average Bonchev–Trinajstić information content (AvgIpc) is 2.47. The Hall–Kier alpha value is -2.28. The molecule has 19 heavy (non-hydrogen) atoms. The SMILES string of the molecule is C[C@@H](Nc1ccccc1)c1cccc2ccccc12. The van der Waals surface area contributed by atoms with Crippen LogP contribution in [0.3, 0.4) is 0 Å². The standard InChI is InChI=1S/C18H17N/c1-14(19-16-10-3-2-4-11-16)17-13-7-9-15-8-5-6-12-18(15)17/h2-14,19H,1H3/t14-/m1/s1. The maximum atomic E-state index is 3.55. The Morgan fingerprint density at radius 3 is 2.26 bits per heavy atom. The molecule has 0 unspecified atom stereocenters. The molecular weight excluding hydrogens is 230 g/mol. The third-order valence-electron chi connectivity index (χ3n) is 3.45. The molecule has 0 spiro atoms. The Bertz CT molecular complexity index is 668. The highest BCUT2D eigenvalue weighted by atomic mass is 14.9. The minimum atomic E-state index is 0.286. The van der Waals surface area contributed by atoms with E-state index in [4.69, 9.17) is 0 Å². The molecule has 1 atom stereocenters. The average molecular weight is 247 g/mol. The summed E-state index contributed by atoms with van der Waals surface area (Å²) in [5.74, 6) is 0. The van der Waals surface area contributed by atoms with Crippen LogP contribution >= 0.6 is 0 Å². The van der Waals surface area contributed by atoms with Gasteiger partial charge in [-0.2, -0.15) is 0 Å². The van der Waals surface area contributed by atoms with Crippen LogP contribution in [-0.2, 0) is 0 Å². The molecule has 1 nitrogen and oxygen atoms in total. The largest absolute Gasteiger partial charge is 0.378 e. The van der Waals surface area contributed by atoms with Gasteiger partial charge in [0.2, 0.25) is 0 Å². The van der Waals surface area contributed by atoms with E-state index in [1.165, 1.54) is 16.3 Å². The molecule has 0 aliphatic carbocycles. The van der Waals surface area contributed by atoms with Crippen LogP contribution in [0.4, 0.5) is 5.69 Å². The quantitative estimate of drug-likeness (QED) is 0.685. The first-order valence-corrected chi connectivity index (χ1v) is 6.64. The van der Waals surface area contributed by atoms with Crippen LogP contribution in [0.15, 0.2) is 72.8 Å². The van der Waals surface area contributed by atoms with E-state index in [1.54, 1.807) is 0 Å². The van der Waals surface area contributed by atoms with Gasteiger partial charge in [0, 0.05) is 11.7 Å². The lowest BCUT2D eigenvalue weighted by Gasteiger charge is -2.17. The van der Waals surface area contributed by atoms with Crippen molar-refractivity contribution < 1.29 is 0 Å². The molecule has 0 saturated heterocycles. The van der Waals surface area contributed by atoms with Gasteiger partial charge in [-0.15, -0.1) is 0 Å². The third-order valence-corrected chi connectivity index (χ3v) is 3.45. The molecule has 1 N–H and O–H groups in total. The Labute approximate surface area is 113 Å². The smallest absolute Gasteiger partial charge is 0.0491 e. The zero-order chi connectivity index (χ0) is 13.1. The molecule has 0 aliphatic rings. The van der Waals surface area contributed by atoms with Crippen LogP contribution in [0.5, 0.6) is 0 Å². The van der Waals surface area contributed by atoms with Gasteiger partial charge in [-0.3, -0.25) is 0 Å². The van der Waals surface area contributed by atoms with Gasteiger partial charge in [-0.05, 0) is 35.4 Å².